The molecule has 25 heavy (non-hydrogen) atoms. The Labute approximate surface area is 169 Å². The molecule has 0 bridgehead atoms. The molecule has 0 amide bonds. The van der Waals surface area contributed by atoms with Crippen molar-refractivity contribution in [1.82, 2.24) is 15.1 Å². The summed E-state index contributed by atoms with van der Waals surface area (Å²) in [5.74, 6) is 1.64. The topological polar surface area (TPSA) is 49.3 Å². The van der Waals surface area contributed by atoms with Crippen LogP contribution in [-0.2, 0) is 9.47 Å². The molecule has 3 rings (SSSR count). The van der Waals surface area contributed by atoms with Crippen LogP contribution in [0.5, 0.6) is 0 Å². The van der Waals surface area contributed by atoms with Gasteiger partial charge in [0.15, 0.2) is 5.96 Å². The van der Waals surface area contributed by atoms with Crippen LogP contribution in [-0.4, -0.2) is 87.5 Å². The molecule has 0 aromatic carbocycles. The van der Waals surface area contributed by atoms with Crippen molar-refractivity contribution >= 4 is 29.9 Å². The van der Waals surface area contributed by atoms with Crippen LogP contribution in [0.15, 0.2) is 4.99 Å². The van der Waals surface area contributed by atoms with E-state index < -0.39 is 0 Å². The number of nitrogens with zero attached hydrogens (tertiary/aromatic N) is 3. The summed E-state index contributed by atoms with van der Waals surface area (Å²) in [7, 11) is 1.88. The molecule has 0 aromatic rings. The molecule has 0 aliphatic carbocycles. The summed E-state index contributed by atoms with van der Waals surface area (Å²) >= 11 is 0. The summed E-state index contributed by atoms with van der Waals surface area (Å²) in [4.78, 5) is 9.41. The van der Waals surface area contributed by atoms with Gasteiger partial charge in [-0.2, -0.15) is 0 Å². The largest absolute Gasteiger partial charge is 0.375 e. The molecule has 146 valence electrons. The van der Waals surface area contributed by atoms with Crippen molar-refractivity contribution in [2.75, 3.05) is 59.5 Å². The van der Waals surface area contributed by atoms with Crippen molar-refractivity contribution < 1.29 is 9.47 Å². The van der Waals surface area contributed by atoms with Crippen LogP contribution in [0.4, 0.5) is 0 Å². The Morgan fingerprint density at radius 3 is 2.56 bits per heavy atom. The van der Waals surface area contributed by atoms with E-state index in [9.17, 15) is 0 Å². The lowest BCUT2D eigenvalue weighted by atomic mass is 10.1. The van der Waals surface area contributed by atoms with Gasteiger partial charge in [-0.25, -0.2) is 0 Å². The number of rotatable bonds is 5. The Morgan fingerprint density at radius 1 is 1.12 bits per heavy atom. The molecule has 3 aliphatic rings. The van der Waals surface area contributed by atoms with Gasteiger partial charge in [0.1, 0.15) is 6.10 Å². The molecule has 3 aliphatic heterocycles. The van der Waals surface area contributed by atoms with Gasteiger partial charge in [0.25, 0.3) is 0 Å². The first-order valence-corrected chi connectivity index (χ1v) is 9.67. The maximum atomic E-state index is 5.94. The number of hydrogen-bond donors (Lipinski definition) is 1. The summed E-state index contributed by atoms with van der Waals surface area (Å²) in [5.41, 5.74) is 0. The van der Waals surface area contributed by atoms with Crippen molar-refractivity contribution in [1.29, 1.82) is 0 Å². The first-order chi connectivity index (χ1) is 11.8. The van der Waals surface area contributed by atoms with E-state index in [0.29, 0.717) is 5.92 Å². The van der Waals surface area contributed by atoms with E-state index >= 15 is 0 Å². The lowest BCUT2D eigenvalue weighted by Crippen LogP contribution is -2.54. The molecule has 3 atom stereocenters. The Morgan fingerprint density at radius 2 is 1.88 bits per heavy atom. The Kier molecular flexibility index (Phi) is 9.23. The average Bonchev–Trinajstić information content (AvgIpc) is 3.29. The zero-order chi connectivity index (χ0) is 16.8. The minimum absolute atomic E-state index is 0. The second-order valence-corrected chi connectivity index (χ2v) is 7.45. The smallest absolute Gasteiger partial charge is 0.193 e. The van der Waals surface area contributed by atoms with Crippen LogP contribution in [0.1, 0.15) is 32.6 Å². The SMILES string of the molecule is CN=C(NCC(C)CN1CCCC1)N1CCOC(C2CCCO2)C1.I. The average molecular weight is 466 g/mol. The number of ether oxygens (including phenoxy) is 2. The summed E-state index contributed by atoms with van der Waals surface area (Å²) in [6.45, 7) is 10.5. The molecule has 0 aromatic heterocycles. The highest BCUT2D eigenvalue weighted by molar-refractivity contribution is 14.0. The molecule has 0 radical (unpaired) electrons. The number of hydrogen-bond acceptors (Lipinski definition) is 4. The maximum absolute atomic E-state index is 5.94. The molecule has 7 heteroatoms. The summed E-state index contributed by atoms with van der Waals surface area (Å²) in [5, 5.41) is 3.58. The molecular formula is C18H35IN4O2. The molecular weight excluding hydrogens is 431 g/mol. The van der Waals surface area contributed by atoms with Crippen molar-refractivity contribution in [3.05, 3.63) is 0 Å². The van der Waals surface area contributed by atoms with E-state index in [-0.39, 0.29) is 36.2 Å². The molecule has 6 nitrogen and oxygen atoms in total. The second kappa shape index (κ2) is 10.9. The molecule has 0 saturated carbocycles. The molecule has 1 N–H and O–H groups in total. The first-order valence-electron chi connectivity index (χ1n) is 9.67. The van der Waals surface area contributed by atoms with E-state index in [2.05, 4.69) is 27.0 Å². The van der Waals surface area contributed by atoms with Gasteiger partial charge in [-0.3, -0.25) is 4.99 Å². The third-order valence-corrected chi connectivity index (χ3v) is 5.36. The fourth-order valence-electron chi connectivity index (χ4n) is 4.06. The predicted octanol–water partition coefficient (Wildman–Crippen LogP) is 1.79. The number of morpholine rings is 1. The van der Waals surface area contributed by atoms with E-state index in [1.54, 1.807) is 0 Å². The van der Waals surface area contributed by atoms with Crippen molar-refractivity contribution in [2.45, 2.75) is 44.8 Å². The number of halogens is 1. The van der Waals surface area contributed by atoms with Crippen molar-refractivity contribution in [2.24, 2.45) is 10.9 Å². The molecule has 3 heterocycles. The number of likely N-dealkylation sites (tertiary alicyclic amines) is 1. The zero-order valence-electron chi connectivity index (χ0n) is 15.8. The highest BCUT2D eigenvalue weighted by atomic mass is 127. The Bertz CT molecular complexity index is 412. The quantitative estimate of drug-likeness (QED) is 0.381. The van der Waals surface area contributed by atoms with Gasteiger partial charge in [0.2, 0.25) is 0 Å². The number of nitrogens with one attached hydrogen (secondary N) is 1. The van der Waals surface area contributed by atoms with Crippen LogP contribution in [0.25, 0.3) is 0 Å². The summed E-state index contributed by atoms with van der Waals surface area (Å²) in [6.07, 6.45) is 5.45. The number of guanidine groups is 1. The third kappa shape index (κ3) is 6.22. The van der Waals surface area contributed by atoms with E-state index in [4.69, 9.17) is 9.47 Å². The molecule has 3 fully saturated rings. The lowest BCUT2D eigenvalue weighted by Gasteiger charge is -2.37. The predicted molar refractivity (Wildman–Crippen MR) is 112 cm³/mol. The monoisotopic (exact) mass is 466 g/mol. The standard InChI is InChI=1S/C18H34N4O2.HI/c1-15(13-21-7-3-4-8-21)12-20-18(19-2)22-9-11-24-17(14-22)16-6-5-10-23-16;/h15-17H,3-14H2,1-2H3,(H,19,20);1H. The Balaban J connectivity index is 0.00000225. The first kappa shape index (κ1) is 21.2. The van der Waals surface area contributed by atoms with Gasteiger partial charge in [-0.1, -0.05) is 6.92 Å². The summed E-state index contributed by atoms with van der Waals surface area (Å²) < 4.78 is 11.8. The second-order valence-electron chi connectivity index (χ2n) is 7.45. The molecule has 3 saturated heterocycles. The van der Waals surface area contributed by atoms with Gasteiger partial charge in [-0.05, 0) is 44.7 Å². The maximum Gasteiger partial charge on any atom is 0.193 e. The van der Waals surface area contributed by atoms with Crippen LogP contribution in [0, 0.1) is 5.92 Å². The molecule has 0 spiro atoms. The highest BCUT2D eigenvalue weighted by Crippen LogP contribution is 2.21. The van der Waals surface area contributed by atoms with Gasteiger partial charge in [0, 0.05) is 39.8 Å². The van der Waals surface area contributed by atoms with Gasteiger partial charge >= 0.3 is 0 Å². The van der Waals surface area contributed by atoms with Crippen LogP contribution in [0.2, 0.25) is 0 Å². The van der Waals surface area contributed by atoms with Gasteiger partial charge in [-0.15, -0.1) is 24.0 Å². The minimum atomic E-state index is 0. The van der Waals surface area contributed by atoms with E-state index in [1.165, 1.54) is 32.5 Å². The Hall–Kier alpha value is -0.120. The zero-order valence-corrected chi connectivity index (χ0v) is 18.1. The highest BCUT2D eigenvalue weighted by Gasteiger charge is 2.32. The van der Waals surface area contributed by atoms with Crippen molar-refractivity contribution in [3.63, 3.8) is 0 Å². The van der Waals surface area contributed by atoms with Crippen LogP contribution < -0.4 is 5.32 Å². The normalized spacial score (nSPS) is 29.5. The third-order valence-electron chi connectivity index (χ3n) is 5.36. The van der Waals surface area contributed by atoms with E-state index in [1.807, 2.05) is 7.05 Å². The van der Waals surface area contributed by atoms with Crippen LogP contribution >= 0.6 is 24.0 Å². The van der Waals surface area contributed by atoms with Crippen molar-refractivity contribution in [3.8, 4) is 0 Å². The minimum Gasteiger partial charge on any atom is -0.375 e. The van der Waals surface area contributed by atoms with Gasteiger partial charge < -0.3 is 24.6 Å². The summed E-state index contributed by atoms with van der Waals surface area (Å²) in [6, 6.07) is 0. The molecule has 3 unspecified atom stereocenters. The van der Waals surface area contributed by atoms with Crippen LogP contribution in [0.3, 0.4) is 0 Å². The lowest BCUT2D eigenvalue weighted by molar-refractivity contribution is -0.0817. The fraction of sp³-hybridized carbons (Fsp3) is 0.944. The van der Waals surface area contributed by atoms with Gasteiger partial charge in [0.05, 0.1) is 12.7 Å². The van der Waals surface area contributed by atoms with E-state index in [0.717, 1.165) is 51.6 Å². The number of aliphatic imine (C=N–C) groups is 1. The fourth-order valence-corrected chi connectivity index (χ4v) is 4.06.